The van der Waals surface area contributed by atoms with Crippen molar-refractivity contribution in [1.29, 1.82) is 0 Å². The minimum absolute atomic E-state index is 0.0747. The second-order valence-electron chi connectivity index (χ2n) is 8.47. The zero-order valence-electron chi connectivity index (χ0n) is 15.5. The molecule has 1 aromatic carbocycles. The number of aromatic nitrogens is 1. The predicted molar refractivity (Wildman–Crippen MR) is 95.9 cm³/mol. The number of hydrogen-bond acceptors (Lipinski definition) is 4. The summed E-state index contributed by atoms with van der Waals surface area (Å²) in [7, 11) is 0. The maximum Gasteiger partial charge on any atom is 0.191 e. The summed E-state index contributed by atoms with van der Waals surface area (Å²) >= 11 is 0. The molecule has 0 spiro atoms. The van der Waals surface area contributed by atoms with Crippen LogP contribution in [0.15, 0.2) is 45.1 Å². The van der Waals surface area contributed by atoms with Gasteiger partial charge in [0.25, 0.3) is 0 Å². The average Bonchev–Trinajstić information content (AvgIpc) is 3.22. The maximum atomic E-state index is 14.3. The summed E-state index contributed by atoms with van der Waals surface area (Å²) in [4.78, 5) is 4.31. The highest BCUT2D eigenvalue weighted by Crippen LogP contribution is 2.70. The molecule has 3 aliphatic rings. The molecule has 1 aliphatic heterocycles. The van der Waals surface area contributed by atoms with Crippen LogP contribution in [0.3, 0.4) is 0 Å². The number of rotatable bonds is 2. The summed E-state index contributed by atoms with van der Waals surface area (Å²) in [5, 5.41) is 8.87. The molecule has 0 amide bonds. The van der Waals surface area contributed by atoms with E-state index in [9.17, 15) is 8.78 Å². The van der Waals surface area contributed by atoms with E-state index in [4.69, 9.17) is 4.42 Å². The minimum Gasteiger partial charge on any atom is -0.445 e. The molecule has 2 heterocycles. The molecular formula is C21H21F2N3O. The Hall–Kier alpha value is -2.37. The first-order valence-corrected chi connectivity index (χ1v) is 9.36. The lowest BCUT2D eigenvalue weighted by Crippen LogP contribution is -2.43. The fraction of sp³-hybridized carbons (Fsp3) is 0.476. The van der Waals surface area contributed by atoms with Crippen LogP contribution in [-0.2, 0) is 5.41 Å². The molecule has 2 aromatic rings. The van der Waals surface area contributed by atoms with Crippen LogP contribution >= 0.6 is 0 Å². The fourth-order valence-electron chi connectivity index (χ4n) is 5.90. The topological polar surface area (TPSA) is 50.8 Å². The number of halogens is 2. The van der Waals surface area contributed by atoms with Crippen LogP contribution in [0.25, 0.3) is 5.70 Å². The summed E-state index contributed by atoms with van der Waals surface area (Å²) in [5.74, 6) is 0.693. The van der Waals surface area contributed by atoms with Gasteiger partial charge in [-0.2, -0.15) is 10.2 Å². The molecule has 2 aliphatic carbocycles. The molecular weight excluding hydrogens is 348 g/mol. The quantitative estimate of drug-likeness (QED) is 0.708. The highest BCUT2D eigenvalue weighted by atomic mass is 19.1. The Balaban J connectivity index is 1.63. The number of aryl methyl sites for hydroxylation is 1. The van der Waals surface area contributed by atoms with E-state index in [2.05, 4.69) is 29.1 Å². The number of nitrogens with zero attached hydrogens (tertiary/aromatic N) is 3. The van der Waals surface area contributed by atoms with E-state index in [-0.39, 0.29) is 28.4 Å². The molecule has 2 bridgehead atoms. The smallest absolute Gasteiger partial charge is 0.191 e. The van der Waals surface area contributed by atoms with Crippen molar-refractivity contribution in [3.8, 4) is 0 Å². The van der Waals surface area contributed by atoms with E-state index in [0.717, 1.165) is 18.6 Å². The van der Waals surface area contributed by atoms with E-state index >= 15 is 0 Å². The van der Waals surface area contributed by atoms with E-state index in [1.54, 1.807) is 0 Å². The summed E-state index contributed by atoms with van der Waals surface area (Å²) in [5.41, 5.74) is -0.167. The van der Waals surface area contributed by atoms with Crippen molar-refractivity contribution >= 4 is 5.70 Å². The molecule has 4 nitrogen and oxygen atoms in total. The zero-order chi connectivity index (χ0) is 19.0. The van der Waals surface area contributed by atoms with Gasteiger partial charge in [0.15, 0.2) is 5.89 Å². The molecule has 4 atom stereocenters. The number of benzene rings is 1. The normalized spacial score (nSPS) is 33.2. The largest absolute Gasteiger partial charge is 0.445 e. The van der Waals surface area contributed by atoms with Gasteiger partial charge in [-0.3, -0.25) is 0 Å². The number of azo groups is 1. The van der Waals surface area contributed by atoms with E-state index < -0.39 is 11.6 Å². The van der Waals surface area contributed by atoms with Crippen molar-refractivity contribution in [2.24, 2.45) is 27.5 Å². The third-order valence-corrected chi connectivity index (χ3v) is 7.18. The number of oxazole rings is 1. The Morgan fingerprint density at radius 2 is 1.93 bits per heavy atom. The lowest BCUT2D eigenvalue weighted by molar-refractivity contribution is 0.168. The summed E-state index contributed by atoms with van der Waals surface area (Å²) in [6.07, 6.45) is 5.71. The van der Waals surface area contributed by atoms with Gasteiger partial charge in [-0.15, -0.1) is 0 Å². The van der Waals surface area contributed by atoms with Crippen molar-refractivity contribution in [2.75, 3.05) is 0 Å². The Morgan fingerprint density at radius 1 is 1.19 bits per heavy atom. The molecule has 140 valence electrons. The summed E-state index contributed by atoms with van der Waals surface area (Å²) in [6.45, 7) is 6.33. The number of hydrogen-bond donors (Lipinski definition) is 0. The molecule has 2 fully saturated rings. The van der Waals surface area contributed by atoms with Crippen LogP contribution < -0.4 is 0 Å². The van der Waals surface area contributed by atoms with Crippen LogP contribution in [0, 0.1) is 35.8 Å². The SMILES string of the molecule is Cc1ncc([C@@]23CC[C@@H](C4C=C(c5c(F)cccc5F)N=NC42)C3(C)C)o1. The molecule has 0 saturated heterocycles. The van der Waals surface area contributed by atoms with E-state index in [0.29, 0.717) is 17.5 Å². The van der Waals surface area contributed by atoms with Crippen LogP contribution in [0.5, 0.6) is 0 Å². The lowest BCUT2D eigenvalue weighted by Gasteiger charge is -2.39. The van der Waals surface area contributed by atoms with Crippen LogP contribution in [0.2, 0.25) is 0 Å². The van der Waals surface area contributed by atoms with Gasteiger partial charge in [-0.05, 0) is 36.3 Å². The van der Waals surface area contributed by atoms with Gasteiger partial charge in [-0.1, -0.05) is 26.0 Å². The Kier molecular flexibility index (Phi) is 3.31. The first-order valence-electron chi connectivity index (χ1n) is 9.36. The Labute approximate surface area is 156 Å². The highest BCUT2D eigenvalue weighted by Gasteiger charge is 2.71. The molecule has 0 N–H and O–H groups in total. The summed E-state index contributed by atoms with van der Waals surface area (Å²) in [6, 6.07) is 3.77. The van der Waals surface area contributed by atoms with Gasteiger partial charge >= 0.3 is 0 Å². The molecule has 27 heavy (non-hydrogen) atoms. The van der Waals surface area contributed by atoms with E-state index in [1.807, 2.05) is 19.2 Å². The lowest BCUT2D eigenvalue weighted by atomic mass is 9.66. The first kappa shape index (κ1) is 16.8. The zero-order valence-corrected chi connectivity index (χ0v) is 15.5. The van der Waals surface area contributed by atoms with Gasteiger partial charge < -0.3 is 4.42 Å². The van der Waals surface area contributed by atoms with Crippen LogP contribution in [0.4, 0.5) is 8.78 Å². The minimum atomic E-state index is -0.610. The standard InChI is InChI=1S/C21H21F2N3O/c1-11-24-10-17(27-11)21-8-7-13(20(21,2)3)12-9-16(25-26-19(12)21)18-14(22)5-4-6-15(18)23/h4-6,9-10,12-13,19H,7-8H2,1-3H3/t12?,13-,19?,21-/m0/s1. The molecule has 1 aromatic heterocycles. The molecule has 0 radical (unpaired) electrons. The van der Waals surface area contributed by atoms with Crippen molar-refractivity contribution in [1.82, 2.24) is 4.98 Å². The molecule has 2 unspecified atom stereocenters. The Morgan fingerprint density at radius 3 is 2.59 bits per heavy atom. The van der Waals surface area contributed by atoms with Crippen LogP contribution in [0.1, 0.15) is 43.9 Å². The van der Waals surface area contributed by atoms with Gasteiger partial charge in [0.1, 0.15) is 17.4 Å². The monoisotopic (exact) mass is 369 g/mol. The van der Waals surface area contributed by atoms with Crippen molar-refractivity contribution in [3.63, 3.8) is 0 Å². The average molecular weight is 369 g/mol. The first-order chi connectivity index (χ1) is 12.9. The predicted octanol–water partition coefficient (Wildman–Crippen LogP) is 5.44. The maximum absolute atomic E-state index is 14.3. The fourth-order valence-corrected chi connectivity index (χ4v) is 5.90. The second-order valence-corrected chi connectivity index (χ2v) is 8.47. The van der Waals surface area contributed by atoms with Gasteiger partial charge in [0.2, 0.25) is 0 Å². The third-order valence-electron chi connectivity index (χ3n) is 7.18. The molecule has 2 saturated carbocycles. The third kappa shape index (κ3) is 1.98. The van der Waals surface area contributed by atoms with Gasteiger partial charge in [-0.25, -0.2) is 13.8 Å². The van der Waals surface area contributed by atoms with Crippen molar-refractivity contribution < 1.29 is 13.2 Å². The van der Waals surface area contributed by atoms with E-state index in [1.165, 1.54) is 18.2 Å². The van der Waals surface area contributed by atoms with Gasteiger partial charge in [0.05, 0.1) is 28.9 Å². The second kappa shape index (κ2) is 5.33. The molecule has 5 rings (SSSR count). The summed E-state index contributed by atoms with van der Waals surface area (Å²) < 4.78 is 34.5. The molecule has 6 heteroatoms. The van der Waals surface area contributed by atoms with Crippen molar-refractivity contribution in [3.05, 3.63) is 59.3 Å². The highest BCUT2D eigenvalue weighted by molar-refractivity contribution is 5.67. The number of fused-ring (bicyclic) bond motifs is 5. The van der Waals surface area contributed by atoms with Crippen LogP contribution in [-0.4, -0.2) is 11.0 Å². The van der Waals surface area contributed by atoms with Gasteiger partial charge in [0, 0.05) is 12.8 Å². The Bertz CT molecular complexity index is 973. The van der Waals surface area contributed by atoms with Crippen molar-refractivity contribution in [2.45, 2.75) is 45.1 Å².